The summed E-state index contributed by atoms with van der Waals surface area (Å²) >= 11 is 0. The van der Waals surface area contributed by atoms with Crippen LogP contribution >= 0.6 is 0 Å². The molecule has 0 aliphatic carbocycles. The van der Waals surface area contributed by atoms with Crippen LogP contribution in [0.5, 0.6) is 17.2 Å². The van der Waals surface area contributed by atoms with Crippen molar-refractivity contribution in [1.82, 2.24) is 4.98 Å². The summed E-state index contributed by atoms with van der Waals surface area (Å²) in [5, 5.41) is 20.1. The van der Waals surface area contributed by atoms with E-state index in [1.165, 1.54) is 0 Å². The first kappa shape index (κ1) is 11.5. The van der Waals surface area contributed by atoms with Crippen molar-refractivity contribution >= 4 is 10.9 Å². The number of nitrogens with one attached hydrogen (secondary N) is 1. The maximum atomic E-state index is 9.71. The van der Waals surface area contributed by atoms with Gasteiger partial charge in [0, 0.05) is 10.9 Å². The highest BCUT2D eigenvalue weighted by Gasteiger charge is 2.06. The number of aromatic nitrogens is 1. The monoisotopic (exact) mass is 255 g/mol. The molecule has 1 heterocycles. The van der Waals surface area contributed by atoms with Crippen LogP contribution < -0.4 is 4.74 Å². The van der Waals surface area contributed by atoms with Crippen molar-refractivity contribution in [2.24, 2.45) is 0 Å². The largest absolute Gasteiger partial charge is 0.507 e. The molecule has 4 nitrogen and oxygen atoms in total. The fraction of sp³-hybridized carbons (Fsp3) is 0.0667. The molecule has 2 aromatic carbocycles. The average Bonchev–Trinajstić information content (AvgIpc) is 2.82. The second kappa shape index (κ2) is 4.57. The van der Waals surface area contributed by atoms with E-state index in [4.69, 9.17) is 4.74 Å². The van der Waals surface area contributed by atoms with E-state index in [0.717, 1.165) is 16.6 Å². The van der Waals surface area contributed by atoms with E-state index in [1.54, 1.807) is 36.4 Å². The number of aromatic amines is 1. The second-order valence-corrected chi connectivity index (χ2v) is 4.29. The number of rotatable bonds is 3. The fourth-order valence-electron chi connectivity index (χ4n) is 2.01. The third kappa shape index (κ3) is 2.20. The quantitative estimate of drug-likeness (QED) is 0.673. The van der Waals surface area contributed by atoms with E-state index in [-0.39, 0.29) is 11.5 Å². The van der Waals surface area contributed by atoms with Crippen LogP contribution in [0.15, 0.2) is 48.5 Å². The standard InChI is InChI=1S/C15H13NO3/c17-13-6-3-4-12-11(13)8-10(16-12)9-19-15-7-2-1-5-14(15)18/h1-8,16-18H,9H2. The molecule has 0 bridgehead atoms. The van der Waals surface area contributed by atoms with Gasteiger partial charge in [-0.05, 0) is 30.3 Å². The SMILES string of the molecule is Oc1ccccc1OCc1cc2c(O)cccc2[nH]1. The predicted molar refractivity (Wildman–Crippen MR) is 72.4 cm³/mol. The first-order valence-corrected chi connectivity index (χ1v) is 5.94. The van der Waals surface area contributed by atoms with E-state index in [2.05, 4.69) is 4.98 Å². The van der Waals surface area contributed by atoms with Crippen molar-refractivity contribution in [3.63, 3.8) is 0 Å². The van der Waals surface area contributed by atoms with Crippen molar-refractivity contribution in [1.29, 1.82) is 0 Å². The zero-order valence-electron chi connectivity index (χ0n) is 10.1. The number of ether oxygens (including phenoxy) is 1. The number of aromatic hydroxyl groups is 2. The fourth-order valence-corrected chi connectivity index (χ4v) is 2.01. The zero-order chi connectivity index (χ0) is 13.2. The minimum absolute atomic E-state index is 0.112. The lowest BCUT2D eigenvalue weighted by molar-refractivity contribution is 0.286. The molecule has 0 radical (unpaired) electrons. The van der Waals surface area contributed by atoms with Crippen molar-refractivity contribution in [3.05, 3.63) is 54.2 Å². The highest BCUT2D eigenvalue weighted by molar-refractivity contribution is 5.86. The molecule has 0 saturated heterocycles. The summed E-state index contributed by atoms with van der Waals surface area (Å²) in [5.41, 5.74) is 1.69. The lowest BCUT2D eigenvalue weighted by Crippen LogP contribution is -1.95. The van der Waals surface area contributed by atoms with Crippen LogP contribution in [0.4, 0.5) is 0 Å². The molecule has 0 aliphatic rings. The Balaban J connectivity index is 1.83. The van der Waals surface area contributed by atoms with E-state index in [9.17, 15) is 10.2 Å². The molecular formula is C15H13NO3. The maximum Gasteiger partial charge on any atom is 0.161 e. The van der Waals surface area contributed by atoms with Gasteiger partial charge >= 0.3 is 0 Å². The molecule has 1 aromatic heterocycles. The minimum atomic E-state index is 0.112. The smallest absolute Gasteiger partial charge is 0.161 e. The molecule has 0 aliphatic heterocycles. The lowest BCUT2D eigenvalue weighted by Gasteiger charge is -2.05. The first-order chi connectivity index (χ1) is 9.24. The molecule has 3 aromatic rings. The number of H-pyrrole nitrogens is 1. The van der Waals surface area contributed by atoms with Crippen LogP contribution in [-0.4, -0.2) is 15.2 Å². The first-order valence-electron chi connectivity index (χ1n) is 5.94. The Kier molecular flexibility index (Phi) is 2.76. The summed E-state index contributed by atoms with van der Waals surface area (Å²) in [6.45, 7) is 0.297. The van der Waals surface area contributed by atoms with Gasteiger partial charge in [0.15, 0.2) is 11.5 Å². The van der Waals surface area contributed by atoms with Gasteiger partial charge in [0.2, 0.25) is 0 Å². The van der Waals surface area contributed by atoms with E-state index in [0.29, 0.717) is 12.4 Å². The molecule has 96 valence electrons. The molecule has 0 amide bonds. The van der Waals surface area contributed by atoms with Gasteiger partial charge in [-0.1, -0.05) is 18.2 Å². The van der Waals surface area contributed by atoms with Gasteiger partial charge in [0.05, 0.1) is 5.69 Å². The zero-order valence-corrected chi connectivity index (χ0v) is 10.1. The van der Waals surface area contributed by atoms with Crippen LogP contribution in [-0.2, 0) is 6.61 Å². The topological polar surface area (TPSA) is 65.5 Å². The van der Waals surface area contributed by atoms with E-state index in [1.807, 2.05) is 12.1 Å². The molecule has 0 unspecified atom stereocenters. The van der Waals surface area contributed by atoms with Crippen molar-refractivity contribution < 1.29 is 14.9 Å². The van der Waals surface area contributed by atoms with E-state index >= 15 is 0 Å². The van der Waals surface area contributed by atoms with Crippen LogP contribution in [0.2, 0.25) is 0 Å². The Morgan fingerprint density at radius 2 is 1.74 bits per heavy atom. The Labute approximate surface area is 109 Å². The van der Waals surface area contributed by atoms with Crippen LogP contribution in [0.3, 0.4) is 0 Å². The second-order valence-electron chi connectivity index (χ2n) is 4.29. The molecule has 0 spiro atoms. The van der Waals surface area contributed by atoms with Gasteiger partial charge in [-0.25, -0.2) is 0 Å². The summed E-state index contributed by atoms with van der Waals surface area (Å²) in [6.07, 6.45) is 0. The molecule has 0 saturated carbocycles. The molecular weight excluding hydrogens is 242 g/mol. The van der Waals surface area contributed by atoms with Gasteiger partial charge < -0.3 is 19.9 Å². The Morgan fingerprint density at radius 3 is 2.53 bits per heavy atom. The van der Waals surface area contributed by atoms with Crippen molar-refractivity contribution in [2.75, 3.05) is 0 Å². The molecule has 0 fully saturated rings. The van der Waals surface area contributed by atoms with Crippen LogP contribution in [0.25, 0.3) is 10.9 Å². The Morgan fingerprint density at radius 1 is 0.947 bits per heavy atom. The Bertz CT molecular complexity index is 718. The molecule has 4 heteroatoms. The number of hydrogen-bond donors (Lipinski definition) is 3. The van der Waals surface area contributed by atoms with Crippen molar-refractivity contribution in [3.8, 4) is 17.2 Å². The third-order valence-electron chi connectivity index (χ3n) is 2.95. The third-order valence-corrected chi connectivity index (χ3v) is 2.95. The van der Waals surface area contributed by atoms with Gasteiger partial charge in [0.25, 0.3) is 0 Å². The van der Waals surface area contributed by atoms with Crippen molar-refractivity contribution in [2.45, 2.75) is 6.61 Å². The molecule has 19 heavy (non-hydrogen) atoms. The summed E-state index contributed by atoms with van der Waals surface area (Å²) < 4.78 is 5.53. The highest BCUT2D eigenvalue weighted by Crippen LogP contribution is 2.27. The summed E-state index contributed by atoms with van der Waals surface area (Å²) in [4.78, 5) is 3.16. The van der Waals surface area contributed by atoms with Gasteiger partial charge in [-0.15, -0.1) is 0 Å². The summed E-state index contributed by atoms with van der Waals surface area (Å²) in [5.74, 6) is 0.786. The van der Waals surface area contributed by atoms with Gasteiger partial charge in [0.1, 0.15) is 12.4 Å². The van der Waals surface area contributed by atoms with Crippen LogP contribution in [0, 0.1) is 0 Å². The minimum Gasteiger partial charge on any atom is -0.507 e. The van der Waals surface area contributed by atoms with Crippen LogP contribution in [0.1, 0.15) is 5.69 Å². The number of fused-ring (bicyclic) bond motifs is 1. The molecule has 0 atom stereocenters. The van der Waals surface area contributed by atoms with Gasteiger partial charge in [-0.2, -0.15) is 0 Å². The maximum absolute atomic E-state index is 9.71. The van der Waals surface area contributed by atoms with E-state index < -0.39 is 0 Å². The molecule has 3 rings (SSSR count). The Hall–Kier alpha value is -2.62. The summed E-state index contributed by atoms with van der Waals surface area (Å²) in [6, 6.07) is 14.0. The highest BCUT2D eigenvalue weighted by atomic mass is 16.5. The molecule has 3 N–H and O–H groups in total. The van der Waals surface area contributed by atoms with Gasteiger partial charge in [-0.3, -0.25) is 0 Å². The number of phenols is 2. The number of hydrogen-bond acceptors (Lipinski definition) is 3. The lowest BCUT2D eigenvalue weighted by atomic mass is 10.2. The normalized spacial score (nSPS) is 10.7. The number of benzene rings is 2. The number of para-hydroxylation sites is 2. The summed E-state index contributed by atoms with van der Waals surface area (Å²) in [7, 11) is 0. The average molecular weight is 255 g/mol. The number of phenolic OH excluding ortho intramolecular Hbond substituents is 2. The predicted octanol–water partition coefficient (Wildman–Crippen LogP) is 3.16.